The number of aromatic hydroxyl groups is 1. The van der Waals surface area contributed by atoms with E-state index in [1.807, 2.05) is 48.5 Å². The Morgan fingerprint density at radius 1 is 0.788 bits per heavy atom. The van der Waals surface area contributed by atoms with Crippen LogP contribution in [-0.4, -0.2) is 21.8 Å². The lowest BCUT2D eigenvalue weighted by Gasteiger charge is -2.12. The van der Waals surface area contributed by atoms with Gasteiger partial charge in [-0.1, -0.05) is 66.7 Å². The van der Waals surface area contributed by atoms with Gasteiger partial charge >= 0.3 is 0 Å². The van der Waals surface area contributed by atoms with Crippen molar-refractivity contribution in [3.8, 4) is 22.7 Å². The molecule has 0 unspecified atom stereocenters. The van der Waals surface area contributed by atoms with Crippen molar-refractivity contribution in [1.29, 1.82) is 0 Å². The average molecular weight is 431 g/mol. The highest BCUT2D eigenvalue weighted by molar-refractivity contribution is 6.07. The Morgan fingerprint density at radius 2 is 1.42 bits per heavy atom. The minimum absolute atomic E-state index is 0.108. The highest BCUT2D eigenvalue weighted by Crippen LogP contribution is 2.35. The number of benzene rings is 4. The zero-order chi connectivity index (χ0) is 22.6. The lowest BCUT2D eigenvalue weighted by atomic mass is 10.1. The molecule has 0 spiro atoms. The molecule has 0 saturated heterocycles. The summed E-state index contributed by atoms with van der Waals surface area (Å²) in [4.78, 5) is 12.5. The Hall–Kier alpha value is -4.64. The van der Waals surface area contributed by atoms with Gasteiger partial charge in [0.05, 0.1) is 17.4 Å². The van der Waals surface area contributed by atoms with E-state index in [0.717, 1.165) is 33.4 Å². The molecule has 0 saturated carbocycles. The topological polar surface area (TPSA) is 66.6 Å². The van der Waals surface area contributed by atoms with Crippen LogP contribution in [0.5, 0.6) is 5.75 Å². The summed E-state index contributed by atoms with van der Waals surface area (Å²) in [6, 6.07) is 34.5. The first-order valence-corrected chi connectivity index (χ1v) is 10.6. The Labute approximate surface area is 191 Å². The molecule has 1 amide bonds. The number of carbonyl (C=O) groups excluding carboxylic acids is 1. The van der Waals surface area contributed by atoms with Crippen LogP contribution in [0.3, 0.4) is 0 Å². The molecule has 2 N–H and O–H groups in total. The Morgan fingerprint density at radius 3 is 2.15 bits per heavy atom. The number of nitrogens with zero attached hydrogens (tertiary/aromatic N) is 2. The molecule has 1 aromatic heterocycles. The number of para-hydroxylation sites is 2. The van der Waals surface area contributed by atoms with Gasteiger partial charge in [0, 0.05) is 22.2 Å². The van der Waals surface area contributed by atoms with Crippen LogP contribution < -0.4 is 5.43 Å². The fourth-order valence-corrected chi connectivity index (χ4v) is 3.95. The van der Waals surface area contributed by atoms with Gasteiger partial charge in [0.15, 0.2) is 0 Å². The molecule has 0 atom stereocenters. The van der Waals surface area contributed by atoms with Gasteiger partial charge < -0.3 is 9.67 Å². The standard InChI is InChI=1S/C28H21N3O2/c32-23-17-15-21(16-18-23)28(33)30-29-19-25-24-13-7-8-14-26(24)31(22-11-5-2-6-12-22)27(25)20-9-3-1-4-10-20/h1-19,32H,(H,30,33). The summed E-state index contributed by atoms with van der Waals surface area (Å²) >= 11 is 0. The van der Waals surface area contributed by atoms with Crippen molar-refractivity contribution < 1.29 is 9.90 Å². The van der Waals surface area contributed by atoms with Crippen molar-refractivity contribution in [3.63, 3.8) is 0 Å². The number of phenolic OH excluding ortho intramolecular Hbond substituents is 1. The molecule has 5 rings (SSSR count). The second-order valence-corrected chi connectivity index (χ2v) is 7.56. The van der Waals surface area contributed by atoms with Gasteiger partial charge in [-0.25, -0.2) is 5.43 Å². The van der Waals surface area contributed by atoms with E-state index in [0.29, 0.717) is 5.56 Å². The summed E-state index contributed by atoms with van der Waals surface area (Å²) in [5.41, 5.74) is 8.05. The second-order valence-electron chi connectivity index (χ2n) is 7.56. The van der Waals surface area contributed by atoms with E-state index >= 15 is 0 Å². The molecule has 0 aliphatic heterocycles. The number of rotatable bonds is 5. The molecule has 160 valence electrons. The van der Waals surface area contributed by atoms with Gasteiger partial charge in [0.25, 0.3) is 5.91 Å². The zero-order valence-electron chi connectivity index (χ0n) is 17.7. The fourth-order valence-electron chi connectivity index (χ4n) is 3.95. The highest BCUT2D eigenvalue weighted by atomic mass is 16.3. The van der Waals surface area contributed by atoms with Crippen LogP contribution in [0, 0.1) is 0 Å². The van der Waals surface area contributed by atoms with E-state index in [1.54, 1.807) is 18.3 Å². The van der Waals surface area contributed by atoms with E-state index in [4.69, 9.17) is 0 Å². The van der Waals surface area contributed by atoms with Gasteiger partial charge in [0.2, 0.25) is 0 Å². The number of amides is 1. The zero-order valence-corrected chi connectivity index (χ0v) is 17.7. The van der Waals surface area contributed by atoms with E-state index in [2.05, 4.69) is 51.5 Å². The second kappa shape index (κ2) is 8.85. The lowest BCUT2D eigenvalue weighted by Crippen LogP contribution is -2.17. The van der Waals surface area contributed by atoms with E-state index in [1.165, 1.54) is 12.1 Å². The molecule has 5 heteroatoms. The summed E-state index contributed by atoms with van der Waals surface area (Å²) < 4.78 is 2.22. The predicted octanol–water partition coefficient (Wildman–Crippen LogP) is 5.77. The Kier molecular flexibility index (Phi) is 5.43. The normalized spacial score (nSPS) is 11.2. The molecule has 5 nitrogen and oxygen atoms in total. The number of nitrogens with one attached hydrogen (secondary N) is 1. The summed E-state index contributed by atoms with van der Waals surface area (Å²) in [6.45, 7) is 0. The van der Waals surface area contributed by atoms with Crippen LogP contribution in [0.2, 0.25) is 0 Å². The fraction of sp³-hybridized carbons (Fsp3) is 0. The SMILES string of the molecule is O=C(NN=Cc1c(-c2ccccc2)n(-c2ccccc2)c2ccccc12)c1ccc(O)cc1. The maximum Gasteiger partial charge on any atom is 0.271 e. The number of fused-ring (bicyclic) bond motifs is 1. The maximum absolute atomic E-state index is 12.5. The van der Waals surface area contributed by atoms with Crippen molar-refractivity contribution in [2.24, 2.45) is 5.10 Å². The summed E-state index contributed by atoms with van der Waals surface area (Å²) in [6.07, 6.45) is 1.70. The number of hydrogen-bond acceptors (Lipinski definition) is 3. The monoisotopic (exact) mass is 431 g/mol. The van der Waals surface area contributed by atoms with Gasteiger partial charge in [-0.2, -0.15) is 5.10 Å². The minimum Gasteiger partial charge on any atom is -0.508 e. The number of carbonyl (C=O) groups is 1. The van der Waals surface area contributed by atoms with Gasteiger partial charge in [-0.15, -0.1) is 0 Å². The van der Waals surface area contributed by atoms with Crippen LogP contribution >= 0.6 is 0 Å². The molecule has 1 heterocycles. The Bertz CT molecular complexity index is 1440. The number of hydrogen-bond donors (Lipinski definition) is 2. The van der Waals surface area contributed by atoms with Crippen LogP contribution in [0.15, 0.2) is 114 Å². The van der Waals surface area contributed by atoms with Gasteiger partial charge in [0.1, 0.15) is 5.75 Å². The van der Waals surface area contributed by atoms with Crippen LogP contribution in [-0.2, 0) is 0 Å². The van der Waals surface area contributed by atoms with Crippen LogP contribution in [0.4, 0.5) is 0 Å². The van der Waals surface area contributed by atoms with Gasteiger partial charge in [-0.05, 0) is 48.0 Å². The average Bonchev–Trinajstić information content (AvgIpc) is 3.20. The summed E-state index contributed by atoms with van der Waals surface area (Å²) in [5.74, 6) is -0.240. The first kappa shape index (κ1) is 20.3. The summed E-state index contributed by atoms with van der Waals surface area (Å²) in [5, 5.41) is 14.7. The highest BCUT2D eigenvalue weighted by Gasteiger charge is 2.18. The number of hydrazone groups is 1. The predicted molar refractivity (Wildman–Crippen MR) is 132 cm³/mol. The third-order valence-corrected chi connectivity index (χ3v) is 5.46. The van der Waals surface area contributed by atoms with Crippen LogP contribution in [0.1, 0.15) is 15.9 Å². The molecule has 33 heavy (non-hydrogen) atoms. The molecular weight excluding hydrogens is 410 g/mol. The van der Waals surface area contributed by atoms with Crippen molar-refractivity contribution in [3.05, 3.63) is 120 Å². The van der Waals surface area contributed by atoms with E-state index in [-0.39, 0.29) is 11.7 Å². The van der Waals surface area contributed by atoms with Crippen molar-refractivity contribution in [2.75, 3.05) is 0 Å². The molecule has 5 aromatic rings. The number of aromatic nitrogens is 1. The first-order chi connectivity index (χ1) is 16.2. The Balaban J connectivity index is 1.63. The molecule has 0 aliphatic carbocycles. The quantitative estimate of drug-likeness (QED) is 0.274. The molecule has 4 aromatic carbocycles. The molecular formula is C28H21N3O2. The van der Waals surface area contributed by atoms with Crippen molar-refractivity contribution in [1.82, 2.24) is 9.99 Å². The number of phenols is 1. The largest absolute Gasteiger partial charge is 0.508 e. The van der Waals surface area contributed by atoms with Crippen molar-refractivity contribution in [2.45, 2.75) is 0 Å². The lowest BCUT2D eigenvalue weighted by molar-refractivity contribution is 0.0955. The molecule has 0 bridgehead atoms. The van der Waals surface area contributed by atoms with E-state index < -0.39 is 0 Å². The maximum atomic E-state index is 12.5. The minimum atomic E-state index is -0.348. The van der Waals surface area contributed by atoms with Crippen LogP contribution in [0.25, 0.3) is 27.8 Å². The van der Waals surface area contributed by atoms with Crippen molar-refractivity contribution >= 4 is 23.0 Å². The van der Waals surface area contributed by atoms with Gasteiger partial charge in [-0.3, -0.25) is 4.79 Å². The third kappa shape index (κ3) is 4.00. The molecule has 0 radical (unpaired) electrons. The third-order valence-electron chi connectivity index (χ3n) is 5.46. The smallest absolute Gasteiger partial charge is 0.271 e. The molecule has 0 fully saturated rings. The first-order valence-electron chi connectivity index (χ1n) is 10.6. The summed E-state index contributed by atoms with van der Waals surface area (Å²) in [7, 11) is 0. The van der Waals surface area contributed by atoms with E-state index in [9.17, 15) is 9.90 Å². The molecule has 0 aliphatic rings.